The molecular weight excluding hydrogens is 487 g/mol. The van der Waals surface area contributed by atoms with Crippen LogP contribution in [-0.2, 0) is 5.41 Å². The van der Waals surface area contributed by atoms with Gasteiger partial charge in [0.15, 0.2) is 0 Å². The van der Waals surface area contributed by atoms with Gasteiger partial charge in [-0.15, -0.1) is 0 Å². The maximum Gasteiger partial charge on any atom is 0.255 e. The van der Waals surface area contributed by atoms with Crippen LogP contribution in [0.25, 0.3) is 16.6 Å². The molecule has 1 aliphatic carbocycles. The fourth-order valence-corrected chi connectivity index (χ4v) is 6.82. The molecule has 0 radical (unpaired) electrons. The Hall–Kier alpha value is -4.76. The van der Waals surface area contributed by atoms with Crippen LogP contribution < -0.4 is 0 Å². The molecule has 1 aromatic heterocycles. The zero-order chi connectivity index (χ0) is 26.7. The number of amides is 1. The van der Waals surface area contributed by atoms with E-state index in [-0.39, 0.29) is 23.1 Å². The predicted octanol–water partition coefficient (Wildman–Crippen LogP) is 6.15. The summed E-state index contributed by atoms with van der Waals surface area (Å²) in [6.45, 7) is 3.36. The molecule has 0 bridgehead atoms. The van der Waals surface area contributed by atoms with E-state index in [1.807, 2.05) is 27.9 Å². The van der Waals surface area contributed by atoms with Crippen molar-refractivity contribution in [3.63, 3.8) is 0 Å². The van der Waals surface area contributed by atoms with Crippen LogP contribution in [0.2, 0.25) is 0 Å². The molecule has 3 unspecified atom stereocenters. The number of fused-ring (bicyclic) bond motifs is 2. The average molecular weight is 513 g/mol. The van der Waals surface area contributed by atoms with Crippen LogP contribution in [-0.4, -0.2) is 33.7 Å². The Morgan fingerprint density at radius 1 is 1.03 bits per heavy atom. The van der Waals surface area contributed by atoms with Crippen molar-refractivity contribution in [2.45, 2.75) is 18.3 Å². The number of carbonyl (C=O) groups excluding carboxylic acids is 1. The quantitative estimate of drug-likeness (QED) is 0.290. The van der Waals surface area contributed by atoms with Gasteiger partial charge in [0.2, 0.25) is 0 Å². The summed E-state index contributed by atoms with van der Waals surface area (Å²) in [6, 6.07) is 30.5. The van der Waals surface area contributed by atoms with Crippen LogP contribution in [0.5, 0.6) is 0 Å². The highest BCUT2D eigenvalue weighted by atomic mass is 19.1. The molecule has 39 heavy (non-hydrogen) atoms. The lowest BCUT2D eigenvalue weighted by molar-refractivity contribution is 0.0768. The molecule has 190 valence electrons. The largest absolute Gasteiger partial charge is 0.337 e. The minimum atomic E-state index is -0.280. The molecule has 5 nitrogen and oxygen atoms in total. The molecule has 0 spiro atoms. The Morgan fingerprint density at radius 2 is 1.77 bits per heavy atom. The van der Waals surface area contributed by atoms with Gasteiger partial charge in [-0.1, -0.05) is 42.5 Å². The van der Waals surface area contributed by atoms with Gasteiger partial charge in [-0.3, -0.25) is 4.79 Å². The van der Waals surface area contributed by atoms with Crippen LogP contribution in [0.3, 0.4) is 0 Å². The number of piperidine rings is 1. The van der Waals surface area contributed by atoms with Gasteiger partial charge < -0.3 is 4.90 Å². The number of hydrogen-bond donors (Lipinski definition) is 0. The first kappa shape index (κ1) is 23.4. The molecular formula is C33H25FN4O. The van der Waals surface area contributed by atoms with E-state index < -0.39 is 0 Å². The minimum absolute atomic E-state index is 0.0894. The van der Waals surface area contributed by atoms with Crippen LogP contribution in [0.15, 0.2) is 97.2 Å². The SMILES string of the molecule is Cc1cc2c(cnn2-c2ccc(F)cc2)cc1C12CN(C(=O)c3ccccc3C#N)CC1C2c1ccccc1. The monoisotopic (exact) mass is 512 g/mol. The normalized spacial score (nSPS) is 21.5. The second kappa shape index (κ2) is 8.64. The molecule has 2 fully saturated rings. The summed E-state index contributed by atoms with van der Waals surface area (Å²) in [5, 5.41) is 15.2. The maximum absolute atomic E-state index is 13.6. The first-order valence-corrected chi connectivity index (χ1v) is 13.1. The molecule has 1 saturated carbocycles. The smallest absolute Gasteiger partial charge is 0.255 e. The zero-order valence-electron chi connectivity index (χ0n) is 21.4. The molecule has 7 rings (SSSR count). The Balaban J connectivity index is 1.31. The van der Waals surface area contributed by atoms with Gasteiger partial charge in [-0.25, -0.2) is 9.07 Å². The Labute approximate surface area is 225 Å². The topological polar surface area (TPSA) is 61.9 Å². The number of rotatable bonds is 4. The van der Waals surface area contributed by atoms with Crippen molar-refractivity contribution in [2.24, 2.45) is 5.92 Å². The maximum atomic E-state index is 13.6. The van der Waals surface area contributed by atoms with Crippen LogP contribution >= 0.6 is 0 Å². The highest BCUT2D eigenvalue weighted by Gasteiger charge is 2.71. The average Bonchev–Trinajstić information content (AvgIpc) is 3.22. The fourth-order valence-electron chi connectivity index (χ4n) is 6.82. The summed E-state index contributed by atoms with van der Waals surface area (Å²) < 4.78 is 15.4. The number of aromatic nitrogens is 2. The second-order valence-corrected chi connectivity index (χ2v) is 10.6. The minimum Gasteiger partial charge on any atom is -0.337 e. The third kappa shape index (κ3) is 3.50. The number of halogens is 1. The van der Waals surface area contributed by atoms with Gasteiger partial charge in [-0.2, -0.15) is 10.4 Å². The zero-order valence-corrected chi connectivity index (χ0v) is 21.4. The lowest BCUT2D eigenvalue weighted by Gasteiger charge is -2.26. The van der Waals surface area contributed by atoms with Crippen LogP contribution in [0.4, 0.5) is 4.39 Å². The van der Waals surface area contributed by atoms with Gasteiger partial charge in [0, 0.05) is 29.8 Å². The molecule has 5 aromatic rings. The third-order valence-corrected chi connectivity index (χ3v) is 8.59. The first-order valence-electron chi connectivity index (χ1n) is 13.1. The summed E-state index contributed by atoms with van der Waals surface area (Å²) in [4.78, 5) is 15.5. The summed E-state index contributed by atoms with van der Waals surface area (Å²) >= 11 is 0. The van der Waals surface area contributed by atoms with E-state index in [4.69, 9.17) is 0 Å². The van der Waals surface area contributed by atoms with Crippen molar-refractivity contribution >= 4 is 16.8 Å². The second-order valence-electron chi connectivity index (χ2n) is 10.6. The van der Waals surface area contributed by atoms with Crippen molar-refractivity contribution in [1.82, 2.24) is 14.7 Å². The summed E-state index contributed by atoms with van der Waals surface area (Å²) in [6.07, 6.45) is 1.86. The first-order chi connectivity index (χ1) is 19.0. The highest BCUT2D eigenvalue weighted by Crippen LogP contribution is 2.70. The molecule has 3 atom stereocenters. The van der Waals surface area contributed by atoms with Gasteiger partial charge in [0.1, 0.15) is 5.82 Å². The molecule has 2 aliphatic rings. The van der Waals surface area contributed by atoms with Gasteiger partial charge in [0.25, 0.3) is 5.91 Å². The van der Waals surface area contributed by atoms with E-state index in [0.717, 1.165) is 22.2 Å². The standard InChI is InChI=1S/C33H25FN4O/c1-21-15-30-24(18-36-38(30)26-13-11-25(34)12-14-26)16-28(21)33-20-37(32(39)27-10-6-5-9-23(27)17-35)19-29(33)31(33)22-7-3-2-4-8-22/h2-16,18,29,31H,19-20H2,1H3. The van der Waals surface area contributed by atoms with Gasteiger partial charge in [0.05, 0.1) is 34.6 Å². The summed E-state index contributed by atoms with van der Waals surface area (Å²) in [5.41, 5.74) is 6.07. The number of aryl methyl sites for hydroxylation is 1. The molecule has 1 amide bonds. The van der Waals surface area contributed by atoms with Crippen molar-refractivity contribution < 1.29 is 9.18 Å². The van der Waals surface area contributed by atoms with E-state index in [0.29, 0.717) is 30.1 Å². The number of hydrogen-bond acceptors (Lipinski definition) is 3. The van der Waals surface area contributed by atoms with Crippen LogP contribution in [0.1, 0.15) is 38.5 Å². The Kier molecular flexibility index (Phi) is 5.18. The molecule has 1 aliphatic heterocycles. The highest BCUT2D eigenvalue weighted by molar-refractivity contribution is 5.97. The molecule has 6 heteroatoms. The van der Waals surface area contributed by atoms with Gasteiger partial charge >= 0.3 is 0 Å². The van der Waals surface area contributed by atoms with E-state index in [9.17, 15) is 14.4 Å². The van der Waals surface area contributed by atoms with Crippen LogP contribution in [0, 0.1) is 30.0 Å². The Bertz CT molecular complexity index is 1790. The van der Waals surface area contributed by atoms with Crippen molar-refractivity contribution in [3.05, 3.63) is 131 Å². The van der Waals surface area contributed by atoms with Crippen molar-refractivity contribution in [2.75, 3.05) is 13.1 Å². The lowest BCUT2D eigenvalue weighted by atomic mass is 9.86. The molecule has 4 aromatic carbocycles. The van der Waals surface area contributed by atoms with Crippen molar-refractivity contribution in [1.29, 1.82) is 5.26 Å². The number of nitrogens with zero attached hydrogens (tertiary/aromatic N) is 4. The predicted molar refractivity (Wildman–Crippen MR) is 147 cm³/mol. The molecule has 1 saturated heterocycles. The fraction of sp³-hybridized carbons (Fsp3) is 0.182. The summed E-state index contributed by atoms with van der Waals surface area (Å²) in [7, 11) is 0. The number of likely N-dealkylation sites (tertiary alicyclic amines) is 1. The lowest BCUT2D eigenvalue weighted by Crippen LogP contribution is -2.35. The van der Waals surface area contributed by atoms with Gasteiger partial charge in [-0.05, 0) is 78.1 Å². The van der Waals surface area contributed by atoms with E-state index >= 15 is 0 Å². The van der Waals surface area contributed by atoms with E-state index in [2.05, 4.69) is 54.5 Å². The summed E-state index contributed by atoms with van der Waals surface area (Å²) in [5.74, 6) is 0.212. The molecule has 2 heterocycles. The van der Waals surface area contributed by atoms with E-state index in [1.165, 1.54) is 23.3 Å². The third-order valence-electron chi connectivity index (χ3n) is 8.59. The number of carbonyl (C=O) groups is 1. The Morgan fingerprint density at radius 3 is 2.54 bits per heavy atom. The number of nitriles is 1. The number of benzene rings is 4. The molecule has 0 N–H and O–H groups in total. The van der Waals surface area contributed by atoms with E-state index in [1.54, 1.807) is 30.3 Å². The van der Waals surface area contributed by atoms with Crippen molar-refractivity contribution in [3.8, 4) is 11.8 Å².